The average molecular weight is 185 g/mol. The molecular formula is C7H5NO5. The molecule has 0 aromatic heterocycles. The Morgan fingerprint density at radius 2 is 2.31 bits per heavy atom. The number of hydrogen-bond acceptors (Lipinski definition) is 4. The van der Waals surface area contributed by atoms with Crippen LogP contribution in [0.25, 0.3) is 0 Å². The van der Waals surface area contributed by atoms with Gasteiger partial charge in [0.2, 0.25) is 0 Å². The third-order valence-electron chi connectivity index (χ3n) is 1.36. The molecule has 0 unspecified atom stereocenters. The van der Waals surface area contributed by atoms with E-state index in [1.54, 1.807) is 0 Å². The number of nitro benzene ring substituents is 1. The fraction of sp³-hybridized carbons (Fsp3) is 0. The number of nitrogens with zero attached hydrogens (tertiary/aromatic N) is 1. The van der Waals surface area contributed by atoms with Crippen molar-refractivity contribution >= 4 is 11.7 Å². The molecule has 0 fully saturated rings. The number of hydrogen-bond donors (Lipinski definition) is 2. The summed E-state index contributed by atoms with van der Waals surface area (Å²) in [7, 11) is 0. The Kier molecular flexibility index (Phi) is 1.79. The van der Waals surface area contributed by atoms with E-state index in [1.165, 1.54) is 0 Å². The number of rotatable bonds is 2. The zero-order valence-electron chi connectivity index (χ0n) is 7.22. The lowest BCUT2D eigenvalue weighted by atomic mass is 10.1. The highest BCUT2D eigenvalue weighted by atomic mass is 16.6. The van der Waals surface area contributed by atoms with Crippen LogP contribution in [0.5, 0.6) is 5.75 Å². The van der Waals surface area contributed by atoms with Gasteiger partial charge in [-0.05, 0) is 12.1 Å². The zero-order chi connectivity index (χ0) is 10.9. The van der Waals surface area contributed by atoms with Crippen molar-refractivity contribution in [1.82, 2.24) is 0 Å². The zero-order valence-corrected chi connectivity index (χ0v) is 6.22. The Hall–Kier alpha value is -2.11. The van der Waals surface area contributed by atoms with Gasteiger partial charge in [0.1, 0.15) is 5.56 Å². The van der Waals surface area contributed by atoms with Crippen molar-refractivity contribution in [2.45, 2.75) is 0 Å². The molecule has 2 N–H and O–H groups in total. The smallest absolute Gasteiger partial charge is 0.342 e. The summed E-state index contributed by atoms with van der Waals surface area (Å²) in [5.41, 5.74) is -1.59. The normalized spacial score (nSPS) is 10.6. The molecule has 0 aliphatic carbocycles. The van der Waals surface area contributed by atoms with E-state index < -0.39 is 33.9 Å². The molecule has 0 amide bonds. The topological polar surface area (TPSA) is 101 Å². The number of benzene rings is 1. The molecule has 0 bridgehead atoms. The number of carbonyl (C=O) groups is 1. The van der Waals surface area contributed by atoms with E-state index in [0.717, 1.165) is 12.1 Å². The van der Waals surface area contributed by atoms with Gasteiger partial charge in [0.25, 0.3) is 0 Å². The van der Waals surface area contributed by atoms with E-state index in [2.05, 4.69) is 0 Å². The summed E-state index contributed by atoms with van der Waals surface area (Å²) in [6.07, 6.45) is 0. The van der Waals surface area contributed by atoms with Crippen LogP contribution in [0.15, 0.2) is 18.2 Å². The van der Waals surface area contributed by atoms with Gasteiger partial charge < -0.3 is 10.2 Å². The summed E-state index contributed by atoms with van der Waals surface area (Å²) in [4.78, 5) is 19.9. The number of aromatic carboxylic acids is 1. The number of carboxylic acids is 1. The molecule has 0 saturated carbocycles. The van der Waals surface area contributed by atoms with Crippen LogP contribution in [-0.4, -0.2) is 21.1 Å². The van der Waals surface area contributed by atoms with Gasteiger partial charge in [-0.25, -0.2) is 4.79 Å². The first kappa shape index (κ1) is 7.53. The van der Waals surface area contributed by atoms with E-state index in [-0.39, 0.29) is 0 Å². The Bertz CT molecular complexity index is 417. The van der Waals surface area contributed by atoms with Gasteiger partial charge in [0.15, 0.2) is 5.75 Å². The summed E-state index contributed by atoms with van der Waals surface area (Å²) >= 11 is 0. The molecule has 13 heavy (non-hydrogen) atoms. The second-order valence-electron chi connectivity index (χ2n) is 2.15. The van der Waals surface area contributed by atoms with Crippen LogP contribution in [0.3, 0.4) is 0 Å². The summed E-state index contributed by atoms with van der Waals surface area (Å²) in [6, 6.07) is 1.40. The van der Waals surface area contributed by atoms with E-state index in [0.29, 0.717) is 0 Å². The lowest BCUT2D eigenvalue weighted by molar-refractivity contribution is -0.386. The fourth-order valence-electron chi connectivity index (χ4n) is 0.836. The van der Waals surface area contributed by atoms with Crippen LogP contribution in [-0.2, 0) is 0 Å². The number of para-hydroxylation sites is 1. The first-order valence-electron chi connectivity index (χ1n) is 3.65. The van der Waals surface area contributed by atoms with E-state index >= 15 is 0 Å². The molecule has 68 valence electrons. The third kappa shape index (κ3) is 1.56. The van der Waals surface area contributed by atoms with Crippen molar-refractivity contribution in [1.29, 1.82) is 0 Å². The summed E-state index contributed by atoms with van der Waals surface area (Å²) in [5, 5.41) is 28.1. The molecule has 0 saturated heterocycles. The van der Waals surface area contributed by atoms with Crippen LogP contribution in [0.2, 0.25) is 0 Å². The molecule has 6 nitrogen and oxygen atoms in total. The molecule has 1 rings (SSSR count). The van der Waals surface area contributed by atoms with Gasteiger partial charge in [0, 0.05) is 0 Å². The van der Waals surface area contributed by atoms with Crippen LogP contribution < -0.4 is 0 Å². The van der Waals surface area contributed by atoms with Crippen LogP contribution in [0.1, 0.15) is 11.7 Å². The van der Waals surface area contributed by atoms with Gasteiger partial charge in [-0.3, -0.25) is 10.1 Å². The van der Waals surface area contributed by atoms with Crippen molar-refractivity contribution in [3.8, 4) is 5.75 Å². The van der Waals surface area contributed by atoms with E-state index in [1.807, 2.05) is 0 Å². The number of phenolic OH excluding ortho intramolecular Hbond substituents is 1. The Morgan fingerprint density at radius 3 is 2.77 bits per heavy atom. The second-order valence-corrected chi connectivity index (χ2v) is 2.15. The van der Waals surface area contributed by atoms with Crippen LogP contribution >= 0.6 is 0 Å². The van der Waals surface area contributed by atoms with Crippen molar-refractivity contribution in [2.75, 3.05) is 0 Å². The lowest BCUT2D eigenvalue weighted by Crippen LogP contribution is -2.02. The summed E-state index contributed by atoms with van der Waals surface area (Å²) in [5.74, 6) is -2.46. The minimum absolute atomic E-state index is 0.485. The van der Waals surface area contributed by atoms with Crippen LogP contribution in [0, 0.1) is 10.1 Å². The van der Waals surface area contributed by atoms with Crippen molar-refractivity contribution in [3.05, 3.63) is 33.9 Å². The Labute approximate surface area is 73.6 Å². The van der Waals surface area contributed by atoms with Gasteiger partial charge in [0.05, 0.1) is 6.29 Å². The molecule has 0 heterocycles. The third-order valence-corrected chi connectivity index (χ3v) is 1.36. The highest BCUT2D eigenvalue weighted by Crippen LogP contribution is 2.28. The molecule has 6 heteroatoms. The molecular weight excluding hydrogens is 178 g/mol. The standard InChI is InChI=1S/C7H5NO5/c9-5-3-1-2-4(7(10)11)6(5)8(12)13/h1-3,9H,(H,10,11)/i3T. The maximum absolute atomic E-state index is 10.5. The maximum Gasteiger partial charge on any atom is 0.342 e. The average Bonchev–Trinajstić information content (AvgIpc) is 2.08. The molecule has 0 atom stereocenters. The monoisotopic (exact) mass is 185 g/mol. The Balaban J connectivity index is 3.53. The maximum atomic E-state index is 10.5. The summed E-state index contributed by atoms with van der Waals surface area (Å²) in [6.45, 7) is 0. The van der Waals surface area contributed by atoms with Crippen molar-refractivity contribution in [2.24, 2.45) is 0 Å². The lowest BCUT2D eigenvalue weighted by Gasteiger charge is -1.98. The quantitative estimate of drug-likeness (QED) is 0.528. The number of phenols is 1. The minimum Gasteiger partial charge on any atom is -0.502 e. The number of aromatic hydroxyl groups is 1. The van der Waals surface area contributed by atoms with Gasteiger partial charge in [-0.1, -0.05) is 6.07 Å². The molecule has 0 aliphatic heterocycles. The molecule has 1 aromatic rings. The first-order chi connectivity index (χ1) is 6.45. The predicted octanol–water partition coefficient (Wildman–Crippen LogP) is 0.999. The van der Waals surface area contributed by atoms with Crippen molar-refractivity contribution < 1.29 is 21.3 Å². The SMILES string of the molecule is [3H]c1ccc(C(=O)O)c([N+](=O)[O-])c1O. The molecule has 0 spiro atoms. The van der Waals surface area contributed by atoms with Gasteiger partial charge in [-0.15, -0.1) is 0 Å². The highest BCUT2D eigenvalue weighted by molar-refractivity contribution is 5.93. The number of nitro groups is 1. The minimum atomic E-state index is -1.52. The predicted molar refractivity (Wildman–Crippen MR) is 41.7 cm³/mol. The molecule has 1 aromatic carbocycles. The van der Waals surface area contributed by atoms with Gasteiger partial charge >= 0.3 is 11.7 Å². The Morgan fingerprint density at radius 1 is 1.69 bits per heavy atom. The van der Waals surface area contributed by atoms with Crippen LogP contribution in [0.4, 0.5) is 5.69 Å². The van der Waals surface area contributed by atoms with Gasteiger partial charge in [-0.2, -0.15) is 0 Å². The van der Waals surface area contributed by atoms with E-state index in [4.69, 9.17) is 11.6 Å². The molecule has 0 aliphatic rings. The fourth-order valence-corrected chi connectivity index (χ4v) is 0.836. The molecule has 0 radical (unpaired) electrons. The second kappa shape index (κ2) is 3.10. The largest absolute Gasteiger partial charge is 0.502 e. The van der Waals surface area contributed by atoms with Crippen molar-refractivity contribution in [3.63, 3.8) is 0 Å². The number of carboxylic acid groups (broad SMARTS) is 1. The van der Waals surface area contributed by atoms with E-state index in [9.17, 15) is 14.9 Å². The first-order valence-corrected chi connectivity index (χ1v) is 3.15. The summed E-state index contributed by atoms with van der Waals surface area (Å²) < 4.78 is 7.04. The highest BCUT2D eigenvalue weighted by Gasteiger charge is 2.23.